The van der Waals surface area contributed by atoms with Gasteiger partial charge in [0, 0.05) is 22.5 Å². The number of aromatic nitrogens is 1. The highest BCUT2D eigenvalue weighted by molar-refractivity contribution is 9.08. The van der Waals surface area contributed by atoms with Crippen LogP contribution in [-0.4, -0.2) is 4.98 Å². The maximum atomic E-state index is 4.27. The van der Waals surface area contributed by atoms with E-state index >= 15 is 0 Å². The Kier molecular flexibility index (Phi) is 2.76. The molecule has 1 heterocycles. The predicted molar refractivity (Wildman–Crippen MR) is 60.2 cm³/mol. The van der Waals surface area contributed by atoms with E-state index in [1.54, 1.807) is 11.3 Å². The molecule has 0 fully saturated rings. The highest BCUT2D eigenvalue weighted by Crippen LogP contribution is 2.22. The normalized spacial score (nSPS) is 10.2. The Balaban J connectivity index is 2.41. The van der Waals surface area contributed by atoms with Gasteiger partial charge in [0.15, 0.2) is 0 Å². The van der Waals surface area contributed by atoms with E-state index in [-0.39, 0.29) is 0 Å². The van der Waals surface area contributed by atoms with Crippen LogP contribution in [0.1, 0.15) is 5.56 Å². The molecule has 0 saturated heterocycles. The van der Waals surface area contributed by atoms with Crippen molar-refractivity contribution in [1.82, 2.24) is 4.98 Å². The number of benzene rings is 1. The number of halogens is 1. The number of rotatable bonds is 2. The molecule has 13 heavy (non-hydrogen) atoms. The molecule has 66 valence electrons. The van der Waals surface area contributed by atoms with Gasteiger partial charge in [-0.25, -0.2) is 4.98 Å². The molecule has 0 aliphatic carbocycles. The largest absolute Gasteiger partial charge is 0.245 e. The smallest absolute Gasteiger partial charge is 0.123 e. The second kappa shape index (κ2) is 4.03. The molecule has 0 radical (unpaired) electrons. The minimum absolute atomic E-state index is 0.895. The third kappa shape index (κ3) is 1.98. The Bertz CT molecular complexity index is 384. The molecule has 2 aromatic rings. The molecule has 0 bridgehead atoms. The number of nitrogens with zero attached hydrogens (tertiary/aromatic N) is 1. The first-order valence-corrected chi connectivity index (χ1v) is 5.95. The Morgan fingerprint density at radius 1 is 1.38 bits per heavy atom. The molecule has 2 rings (SSSR count). The summed E-state index contributed by atoms with van der Waals surface area (Å²) in [5.41, 5.74) is 2.49. The van der Waals surface area contributed by atoms with E-state index in [0.717, 1.165) is 10.3 Å². The summed E-state index contributed by atoms with van der Waals surface area (Å²) < 4.78 is 0. The van der Waals surface area contributed by atoms with Gasteiger partial charge in [0.1, 0.15) is 5.01 Å². The molecule has 0 saturated carbocycles. The number of alkyl halides is 1. The number of thiazole rings is 1. The molecule has 0 amide bonds. The third-order valence-corrected chi connectivity index (χ3v) is 3.23. The zero-order valence-electron chi connectivity index (χ0n) is 6.90. The van der Waals surface area contributed by atoms with Crippen molar-refractivity contribution >= 4 is 27.3 Å². The van der Waals surface area contributed by atoms with Crippen molar-refractivity contribution in [3.63, 3.8) is 0 Å². The zero-order chi connectivity index (χ0) is 9.10. The van der Waals surface area contributed by atoms with Gasteiger partial charge in [-0.3, -0.25) is 0 Å². The molecular formula is C10H8BrNS. The minimum Gasteiger partial charge on any atom is -0.245 e. The van der Waals surface area contributed by atoms with Crippen LogP contribution in [0.25, 0.3) is 10.6 Å². The predicted octanol–water partition coefficient (Wildman–Crippen LogP) is 3.71. The van der Waals surface area contributed by atoms with E-state index in [4.69, 9.17) is 0 Å². The summed E-state index contributed by atoms with van der Waals surface area (Å²) in [6.07, 6.45) is 1.83. The van der Waals surface area contributed by atoms with Gasteiger partial charge < -0.3 is 0 Å². The fraction of sp³-hybridized carbons (Fsp3) is 0.100. The molecule has 0 aliphatic rings. The molecule has 0 spiro atoms. The lowest BCUT2D eigenvalue weighted by molar-refractivity contribution is 1.39. The average molecular weight is 254 g/mol. The molecular weight excluding hydrogens is 246 g/mol. The van der Waals surface area contributed by atoms with Gasteiger partial charge in [-0.15, -0.1) is 11.3 Å². The molecule has 0 aliphatic heterocycles. The van der Waals surface area contributed by atoms with Crippen LogP contribution in [0.2, 0.25) is 0 Å². The van der Waals surface area contributed by atoms with Crippen molar-refractivity contribution in [1.29, 1.82) is 0 Å². The number of hydrogen-bond donors (Lipinski definition) is 0. The lowest BCUT2D eigenvalue weighted by Gasteiger charge is -1.98. The standard InChI is InChI=1S/C10H8BrNS/c11-7-8-2-1-3-9(6-8)10-12-4-5-13-10/h1-6H,7H2. The molecule has 0 unspecified atom stereocenters. The monoisotopic (exact) mass is 253 g/mol. The van der Waals surface area contributed by atoms with Crippen LogP contribution in [0.15, 0.2) is 35.8 Å². The Hall–Kier alpha value is -0.670. The summed E-state index contributed by atoms with van der Waals surface area (Å²) in [6, 6.07) is 8.41. The Labute approximate surface area is 89.6 Å². The van der Waals surface area contributed by atoms with E-state index < -0.39 is 0 Å². The fourth-order valence-electron chi connectivity index (χ4n) is 1.15. The van der Waals surface area contributed by atoms with Crippen molar-refractivity contribution in [2.45, 2.75) is 5.33 Å². The first kappa shape index (κ1) is 8.91. The van der Waals surface area contributed by atoms with E-state index in [1.807, 2.05) is 11.6 Å². The highest BCUT2D eigenvalue weighted by atomic mass is 79.9. The third-order valence-electron chi connectivity index (χ3n) is 1.76. The summed E-state index contributed by atoms with van der Waals surface area (Å²) in [6.45, 7) is 0. The van der Waals surface area contributed by atoms with Crippen LogP contribution in [0.5, 0.6) is 0 Å². The molecule has 0 N–H and O–H groups in total. The lowest BCUT2D eigenvalue weighted by atomic mass is 10.1. The first-order valence-electron chi connectivity index (χ1n) is 3.95. The quantitative estimate of drug-likeness (QED) is 0.744. The summed E-state index contributed by atoms with van der Waals surface area (Å²) in [5, 5.41) is 3.98. The summed E-state index contributed by atoms with van der Waals surface area (Å²) in [4.78, 5) is 4.27. The van der Waals surface area contributed by atoms with Crippen LogP contribution in [0, 0.1) is 0 Å². The van der Waals surface area contributed by atoms with Crippen molar-refractivity contribution in [3.05, 3.63) is 41.4 Å². The van der Waals surface area contributed by atoms with Crippen molar-refractivity contribution < 1.29 is 0 Å². The van der Waals surface area contributed by atoms with Gasteiger partial charge >= 0.3 is 0 Å². The molecule has 1 nitrogen and oxygen atoms in total. The summed E-state index contributed by atoms with van der Waals surface area (Å²) in [7, 11) is 0. The SMILES string of the molecule is BrCc1cccc(-c2nccs2)c1. The molecule has 3 heteroatoms. The van der Waals surface area contributed by atoms with Gasteiger partial charge in [-0.05, 0) is 11.6 Å². The average Bonchev–Trinajstić information content (AvgIpc) is 2.71. The van der Waals surface area contributed by atoms with E-state index in [0.29, 0.717) is 0 Å². The maximum Gasteiger partial charge on any atom is 0.123 e. The highest BCUT2D eigenvalue weighted by Gasteiger charge is 1.99. The Morgan fingerprint density at radius 3 is 3.00 bits per heavy atom. The molecule has 0 atom stereocenters. The van der Waals surface area contributed by atoms with Gasteiger partial charge in [0.05, 0.1) is 0 Å². The summed E-state index contributed by atoms with van der Waals surface area (Å²) >= 11 is 5.11. The van der Waals surface area contributed by atoms with Gasteiger partial charge in [-0.1, -0.05) is 34.1 Å². The minimum atomic E-state index is 0.895. The van der Waals surface area contributed by atoms with E-state index in [2.05, 4.69) is 45.2 Å². The van der Waals surface area contributed by atoms with Crippen LogP contribution in [-0.2, 0) is 5.33 Å². The van der Waals surface area contributed by atoms with Crippen LogP contribution < -0.4 is 0 Å². The van der Waals surface area contributed by atoms with Crippen molar-refractivity contribution in [2.75, 3.05) is 0 Å². The van der Waals surface area contributed by atoms with Gasteiger partial charge in [0.2, 0.25) is 0 Å². The molecule has 1 aromatic heterocycles. The van der Waals surface area contributed by atoms with Crippen LogP contribution in [0.4, 0.5) is 0 Å². The van der Waals surface area contributed by atoms with Gasteiger partial charge in [0.25, 0.3) is 0 Å². The van der Waals surface area contributed by atoms with Crippen LogP contribution in [0.3, 0.4) is 0 Å². The Morgan fingerprint density at radius 2 is 2.31 bits per heavy atom. The molecule has 1 aromatic carbocycles. The summed E-state index contributed by atoms with van der Waals surface area (Å²) in [5.74, 6) is 0. The second-order valence-corrected chi connectivity index (χ2v) is 4.13. The lowest BCUT2D eigenvalue weighted by Crippen LogP contribution is -1.79. The zero-order valence-corrected chi connectivity index (χ0v) is 9.31. The van der Waals surface area contributed by atoms with Crippen molar-refractivity contribution in [3.8, 4) is 10.6 Å². The second-order valence-electron chi connectivity index (χ2n) is 2.67. The van der Waals surface area contributed by atoms with Gasteiger partial charge in [-0.2, -0.15) is 0 Å². The van der Waals surface area contributed by atoms with Crippen LogP contribution >= 0.6 is 27.3 Å². The van der Waals surface area contributed by atoms with Crippen molar-refractivity contribution in [2.24, 2.45) is 0 Å². The van der Waals surface area contributed by atoms with E-state index in [1.165, 1.54) is 11.1 Å². The topological polar surface area (TPSA) is 12.9 Å². The number of hydrogen-bond acceptors (Lipinski definition) is 2. The maximum absolute atomic E-state index is 4.27. The van der Waals surface area contributed by atoms with E-state index in [9.17, 15) is 0 Å². The first-order chi connectivity index (χ1) is 6.40. The fourth-order valence-corrected chi connectivity index (χ4v) is 2.14.